The Kier molecular flexibility index (Phi) is 6.01. The molecule has 0 aromatic carbocycles. The molecule has 0 amide bonds. The summed E-state index contributed by atoms with van der Waals surface area (Å²) in [4.78, 5) is 12.4. The van der Waals surface area contributed by atoms with Crippen molar-refractivity contribution in [3.63, 3.8) is 0 Å². The first kappa shape index (κ1) is 15.5. The molecule has 0 aliphatic heterocycles. The normalized spacial score (nSPS) is 16.4. The summed E-state index contributed by atoms with van der Waals surface area (Å²) in [5.74, 6) is -0.843. The van der Waals surface area contributed by atoms with E-state index in [0.717, 1.165) is 23.6 Å². The molecule has 2 rings (SSSR count). The van der Waals surface area contributed by atoms with Crippen LogP contribution in [0.2, 0.25) is 0 Å². The van der Waals surface area contributed by atoms with Gasteiger partial charge in [-0.25, -0.2) is 4.79 Å². The number of rotatable bonds is 7. The van der Waals surface area contributed by atoms with E-state index in [2.05, 4.69) is 5.32 Å². The first-order valence-corrected chi connectivity index (χ1v) is 8.13. The van der Waals surface area contributed by atoms with Gasteiger partial charge in [0, 0.05) is 18.0 Å². The number of ether oxygens (including phenoxy) is 1. The topological polar surface area (TPSA) is 58.6 Å². The fourth-order valence-electron chi connectivity index (χ4n) is 2.55. The van der Waals surface area contributed by atoms with Crippen LogP contribution in [0.4, 0.5) is 0 Å². The molecule has 1 aromatic heterocycles. The summed E-state index contributed by atoms with van der Waals surface area (Å²) in [5.41, 5.74) is 1.07. The monoisotopic (exact) mass is 297 g/mol. The van der Waals surface area contributed by atoms with Gasteiger partial charge in [-0.1, -0.05) is 19.3 Å². The van der Waals surface area contributed by atoms with Gasteiger partial charge in [0.15, 0.2) is 0 Å². The lowest BCUT2D eigenvalue weighted by atomic mass is 9.98. The van der Waals surface area contributed by atoms with Crippen molar-refractivity contribution < 1.29 is 14.6 Å². The van der Waals surface area contributed by atoms with E-state index in [0.29, 0.717) is 17.5 Å². The number of hydrogen-bond acceptors (Lipinski definition) is 4. The molecule has 20 heavy (non-hydrogen) atoms. The Morgan fingerprint density at radius 3 is 2.85 bits per heavy atom. The van der Waals surface area contributed by atoms with Gasteiger partial charge in [-0.15, -0.1) is 11.3 Å². The van der Waals surface area contributed by atoms with Crippen LogP contribution >= 0.6 is 11.3 Å². The van der Waals surface area contributed by atoms with Crippen LogP contribution in [-0.2, 0) is 11.3 Å². The van der Waals surface area contributed by atoms with Crippen molar-refractivity contribution >= 4 is 17.3 Å². The van der Waals surface area contributed by atoms with Crippen molar-refractivity contribution in [3.8, 4) is 0 Å². The Hall–Kier alpha value is -0.910. The molecule has 0 unspecified atom stereocenters. The van der Waals surface area contributed by atoms with Crippen LogP contribution < -0.4 is 5.32 Å². The molecule has 0 bridgehead atoms. The quantitative estimate of drug-likeness (QED) is 0.759. The van der Waals surface area contributed by atoms with E-state index in [9.17, 15) is 4.79 Å². The number of carboxylic acids is 1. The van der Waals surface area contributed by atoms with E-state index >= 15 is 0 Å². The van der Waals surface area contributed by atoms with Gasteiger partial charge in [0.25, 0.3) is 0 Å². The van der Waals surface area contributed by atoms with Crippen LogP contribution in [-0.4, -0.2) is 30.3 Å². The average Bonchev–Trinajstić information content (AvgIpc) is 2.81. The largest absolute Gasteiger partial charge is 0.477 e. The van der Waals surface area contributed by atoms with E-state index in [1.165, 1.54) is 43.4 Å². The predicted molar refractivity (Wildman–Crippen MR) is 80.5 cm³/mol. The Morgan fingerprint density at radius 2 is 2.20 bits per heavy atom. The van der Waals surface area contributed by atoms with Crippen molar-refractivity contribution in [2.75, 3.05) is 13.2 Å². The molecule has 5 heteroatoms. The van der Waals surface area contributed by atoms with Gasteiger partial charge in [-0.2, -0.15) is 0 Å². The van der Waals surface area contributed by atoms with Gasteiger partial charge in [0.1, 0.15) is 4.88 Å². The third kappa shape index (κ3) is 4.58. The van der Waals surface area contributed by atoms with Crippen LogP contribution in [0.5, 0.6) is 0 Å². The summed E-state index contributed by atoms with van der Waals surface area (Å²) >= 11 is 1.34. The maximum atomic E-state index is 10.9. The van der Waals surface area contributed by atoms with Crippen LogP contribution in [0.25, 0.3) is 0 Å². The second kappa shape index (κ2) is 7.76. The fraction of sp³-hybridized carbons (Fsp3) is 0.667. The lowest BCUT2D eigenvalue weighted by Gasteiger charge is -2.22. The molecule has 0 spiro atoms. The predicted octanol–water partition coefficient (Wildman–Crippen LogP) is 3.19. The van der Waals surface area contributed by atoms with Gasteiger partial charge in [0.05, 0.1) is 12.7 Å². The Labute approximate surface area is 124 Å². The number of carbonyl (C=O) groups is 1. The molecule has 1 aromatic rings. The van der Waals surface area contributed by atoms with Crippen LogP contribution in [0, 0.1) is 6.92 Å². The molecule has 2 N–H and O–H groups in total. The lowest BCUT2D eigenvalue weighted by Crippen LogP contribution is -2.24. The highest BCUT2D eigenvalue weighted by molar-refractivity contribution is 7.14. The highest BCUT2D eigenvalue weighted by Gasteiger charge is 2.13. The second-order valence-electron chi connectivity index (χ2n) is 5.30. The van der Waals surface area contributed by atoms with Crippen molar-refractivity contribution in [1.82, 2.24) is 5.32 Å². The molecule has 1 fully saturated rings. The van der Waals surface area contributed by atoms with Gasteiger partial charge >= 0.3 is 5.97 Å². The summed E-state index contributed by atoms with van der Waals surface area (Å²) in [7, 11) is 0. The van der Waals surface area contributed by atoms with Gasteiger partial charge in [-0.3, -0.25) is 0 Å². The molecule has 0 atom stereocenters. The molecule has 0 saturated heterocycles. The van der Waals surface area contributed by atoms with Crippen molar-refractivity contribution in [3.05, 3.63) is 21.4 Å². The zero-order valence-corrected chi connectivity index (χ0v) is 12.8. The lowest BCUT2D eigenvalue weighted by molar-refractivity contribution is 0.0302. The minimum absolute atomic E-state index is 0.415. The van der Waals surface area contributed by atoms with E-state index < -0.39 is 5.97 Å². The smallest absolute Gasteiger partial charge is 0.345 e. The Balaban J connectivity index is 1.64. The Morgan fingerprint density at radius 1 is 1.45 bits per heavy atom. The van der Waals surface area contributed by atoms with Crippen molar-refractivity contribution in [2.24, 2.45) is 0 Å². The molecular formula is C15H23NO3S. The zero-order chi connectivity index (χ0) is 14.4. The minimum Gasteiger partial charge on any atom is -0.477 e. The summed E-state index contributed by atoms with van der Waals surface area (Å²) in [6.07, 6.45) is 6.79. The van der Waals surface area contributed by atoms with E-state index in [1.54, 1.807) is 6.07 Å². The van der Waals surface area contributed by atoms with Gasteiger partial charge in [0.2, 0.25) is 0 Å². The number of hydrogen-bond donors (Lipinski definition) is 2. The SMILES string of the molecule is Cc1sc(C(=O)O)cc1CNCCOC1CCCCC1. The number of nitrogens with one attached hydrogen (secondary N) is 1. The van der Waals surface area contributed by atoms with Crippen LogP contribution in [0.1, 0.15) is 52.2 Å². The average molecular weight is 297 g/mol. The van der Waals surface area contributed by atoms with E-state index in [4.69, 9.17) is 9.84 Å². The summed E-state index contributed by atoms with van der Waals surface area (Å²) < 4.78 is 5.84. The van der Waals surface area contributed by atoms with Crippen molar-refractivity contribution in [2.45, 2.75) is 51.7 Å². The third-order valence-corrected chi connectivity index (χ3v) is 4.81. The maximum absolute atomic E-state index is 10.9. The molecular weight excluding hydrogens is 274 g/mol. The Bertz CT molecular complexity index is 438. The van der Waals surface area contributed by atoms with Gasteiger partial charge in [-0.05, 0) is 31.4 Å². The van der Waals surface area contributed by atoms with Crippen molar-refractivity contribution in [1.29, 1.82) is 0 Å². The van der Waals surface area contributed by atoms with E-state index in [1.807, 2.05) is 6.92 Å². The number of carboxylic acid groups (broad SMARTS) is 1. The van der Waals surface area contributed by atoms with Gasteiger partial charge < -0.3 is 15.2 Å². The van der Waals surface area contributed by atoms with Crippen LogP contribution in [0.15, 0.2) is 6.07 Å². The van der Waals surface area contributed by atoms with E-state index in [-0.39, 0.29) is 0 Å². The molecule has 112 valence electrons. The summed E-state index contributed by atoms with van der Waals surface area (Å²) in [6.45, 7) is 4.23. The number of thiophene rings is 1. The molecule has 1 heterocycles. The minimum atomic E-state index is -0.843. The molecule has 1 saturated carbocycles. The van der Waals surface area contributed by atoms with Crippen LogP contribution in [0.3, 0.4) is 0 Å². The highest BCUT2D eigenvalue weighted by atomic mass is 32.1. The first-order valence-electron chi connectivity index (χ1n) is 7.31. The molecule has 1 aliphatic rings. The molecule has 1 aliphatic carbocycles. The number of aromatic carboxylic acids is 1. The first-order chi connectivity index (χ1) is 9.66. The number of aryl methyl sites for hydroxylation is 1. The zero-order valence-electron chi connectivity index (χ0n) is 12.0. The highest BCUT2D eigenvalue weighted by Crippen LogP contribution is 2.21. The fourth-order valence-corrected chi connectivity index (χ4v) is 3.43. The summed E-state index contributed by atoms with van der Waals surface area (Å²) in [5, 5.41) is 12.3. The summed E-state index contributed by atoms with van der Waals surface area (Å²) in [6, 6.07) is 1.76. The standard InChI is InChI=1S/C15H23NO3S/c1-11-12(9-14(20-11)15(17)18)10-16-7-8-19-13-5-3-2-4-6-13/h9,13,16H,2-8,10H2,1H3,(H,17,18). The third-order valence-electron chi connectivity index (χ3n) is 3.73. The second-order valence-corrected chi connectivity index (χ2v) is 6.56. The molecule has 4 nitrogen and oxygen atoms in total. The maximum Gasteiger partial charge on any atom is 0.345 e. The molecule has 0 radical (unpaired) electrons.